The lowest BCUT2D eigenvalue weighted by atomic mass is 10.1. The monoisotopic (exact) mass is 501 g/mol. The molecule has 3 aromatic rings. The Labute approximate surface area is 221 Å². The molecule has 2 amide bonds. The van der Waals surface area contributed by atoms with Gasteiger partial charge in [-0.05, 0) is 41.7 Å². The number of hydrogen-bond donors (Lipinski definition) is 0. The summed E-state index contributed by atoms with van der Waals surface area (Å²) >= 11 is 0. The van der Waals surface area contributed by atoms with Crippen LogP contribution in [0.3, 0.4) is 0 Å². The van der Waals surface area contributed by atoms with Crippen LogP contribution in [0.25, 0.3) is 6.08 Å². The first-order valence-corrected chi connectivity index (χ1v) is 12.9. The smallest absolute Gasteiger partial charge is 0.247 e. The normalized spacial score (nSPS) is 11.2. The minimum absolute atomic E-state index is 0.0355. The van der Waals surface area contributed by atoms with Crippen LogP contribution in [0.4, 0.5) is 0 Å². The van der Waals surface area contributed by atoms with Crippen molar-refractivity contribution < 1.29 is 14.3 Å². The third kappa shape index (κ3) is 9.39. The SMILES string of the molecule is COCCN(Cc1cccn1Cc1ccccc1)C(=O)CN(CCC(C)C)C(=O)C=Cc1ccccc1. The summed E-state index contributed by atoms with van der Waals surface area (Å²) in [6, 6.07) is 24.0. The van der Waals surface area contributed by atoms with Crippen LogP contribution >= 0.6 is 0 Å². The number of methoxy groups -OCH3 is 1. The van der Waals surface area contributed by atoms with E-state index in [0.717, 1.165) is 24.2 Å². The van der Waals surface area contributed by atoms with Gasteiger partial charge in [-0.25, -0.2) is 0 Å². The van der Waals surface area contributed by atoms with Crippen LogP contribution in [0.5, 0.6) is 0 Å². The Morgan fingerprint density at radius 2 is 1.62 bits per heavy atom. The Morgan fingerprint density at radius 3 is 2.30 bits per heavy atom. The summed E-state index contributed by atoms with van der Waals surface area (Å²) in [6.45, 7) is 6.88. The molecule has 6 nitrogen and oxygen atoms in total. The number of amides is 2. The molecule has 2 aromatic carbocycles. The van der Waals surface area contributed by atoms with Crippen molar-refractivity contribution in [3.8, 4) is 0 Å². The Morgan fingerprint density at radius 1 is 0.919 bits per heavy atom. The van der Waals surface area contributed by atoms with Crippen molar-refractivity contribution in [1.29, 1.82) is 0 Å². The zero-order valence-electron chi connectivity index (χ0n) is 22.3. The van der Waals surface area contributed by atoms with Gasteiger partial charge in [0.25, 0.3) is 0 Å². The number of benzene rings is 2. The Balaban J connectivity index is 1.73. The zero-order valence-corrected chi connectivity index (χ0v) is 22.3. The van der Waals surface area contributed by atoms with Crippen LogP contribution in [-0.4, -0.2) is 59.5 Å². The van der Waals surface area contributed by atoms with Crippen LogP contribution < -0.4 is 0 Å². The van der Waals surface area contributed by atoms with E-state index in [0.29, 0.717) is 32.2 Å². The van der Waals surface area contributed by atoms with Gasteiger partial charge in [-0.2, -0.15) is 0 Å². The largest absolute Gasteiger partial charge is 0.383 e. The highest BCUT2D eigenvalue weighted by molar-refractivity contribution is 5.94. The maximum atomic E-state index is 13.5. The van der Waals surface area contributed by atoms with Crippen LogP contribution in [0.15, 0.2) is 85.1 Å². The van der Waals surface area contributed by atoms with E-state index >= 15 is 0 Å². The molecular formula is C31H39N3O3. The summed E-state index contributed by atoms with van der Waals surface area (Å²) < 4.78 is 7.45. The highest BCUT2D eigenvalue weighted by atomic mass is 16.5. The summed E-state index contributed by atoms with van der Waals surface area (Å²) in [5.74, 6) is 0.182. The number of rotatable bonds is 14. The van der Waals surface area contributed by atoms with Gasteiger partial charge in [-0.15, -0.1) is 0 Å². The Kier molecular flexibility index (Phi) is 11.2. The van der Waals surface area contributed by atoms with E-state index in [1.54, 1.807) is 29.1 Å². The summed E-state index contributed by atoms with van der Waals surface area (Å²) in [7, 11) is 1.63. The van der Waals surface area contributed by atoms with Gasteiger partial charge in [0.15, 0.2) is 0 Å². The molecule has 0 radical (unpaired) electrons. The van der Waals surface area contributed by atoms with Gasteiger partial charge in [-0.1, -0.05) is 74.5 Å². The summed E-state index contributed by atoms with van der Waals surface area (Å²) in [5, 5.41) is 0. The Bertz CT molecular complexity index is 1120. The number of carbonyl (C=O) groups excluding carboxylic acids is 2. The standard InChI is InChI=1S/C31H39N3O3/c1-26(2)18-20-33(30(35)17-16-27-11-6-4-7-12-27)25-31(36)34(21-22-37-3)24-29-15-10-19-32(29)23-28-13-8-5-9-14-28/h4-17,19,26H,18,20-25H2,1-3H3. The number of aromatic nitrogens is 1. The first-order valence-electron chi connectivity index (χ1n) is 12.9. The molecule has 0 aliphatic rings. The van der Waals surface area contributed by atoms with Crippen LogP contribution in [0, 0.1) is 5.92 Å². The third-order valence-electron chi connectivity index (χ3n) is 6.22. The quantitative estimate of drug-likeness (QED) is 0.289. The van der Waals surface area contributed by atoms with E-state index in [-0.39, 0.29) is 18.4 Å². The predicted octanol–water partition coefficient (Wildman–Crippen LogP) is 5.10. The fourth-order valence-electron chi connectivity index (χ4n) is 4.00. The first kappa shape index (κ1) is 27.9. The molecule has 37 heavy (non-hydrogen) atoms. The second-order valence-electron chi connectivity index (χ2n) is 9.61. The minimum Gasteiger partial charge on any atom is -0.383 e. The molecule has 0 atom stereocenters. The van der Waals surface area contributed by atoms with E-state index in [1.165, 1.54) is 5.56 Å². The van der Waals surface area contributed by atoms with Gasteiger partial charge in [0, 0.05) is 44.7 Å². The molecular weight excluding hydrogens is 462 g/mol. The third-order valence-corrected chi connectivity index (χ3v) is 6.22. The van der Waals surface area contributed by atoms with Crippen molar-refractivity contribution in [2.45, 2.75) is 33.4 Å². The van der Waals surface area contributed by atoms with E-state index in [9.17, 15) is 9.59 Å². The van der Waals surface area contributed by atoms with Crippen molar-refractivity contribution in [3.05, 3.63) is 102 Å². The fourth-order valence-corrected chi connectivity index (χ4v) is 4.00. The first-order chi connectivity index (χ1) is 18.0. The average Bonchev–Trinajstić information content (AvgIpc) is 3.34. The molecule has 0 fully saturated rings. The number of carbonyl (C=O) groups is 2. The van der Waals surface area contributed by atoms with Crippen molar-refractivity contribution in [3.63, 3.8) is 0 Å². The molecule has 1 heterocycles. The number of hydrogen-bond acceptors (Lipinski definition) is 3. The summed E-state index contributed by atoms with van der Waals surface area (Å²) in [4.78, 5) is 30.1. The van der Waals surface area contributed by atoms with Crippen molar-refractivity contribution in [2.75, 3.05) is 33.4 Å². The molecule has 0 saturated heterocycles. The zero-order chi connectivity index (χ0) is 26.5. The van der Waals surface area contributed by atoms with Gasteiger partial charge >= 0.3 is 0 Å². The maximum absolute atomic E-state index is 13.5. The summed E-state index contributed by atoms with van der Waals surface area (Å²) in [5.41, 5.74) is 3.19. The average molecular weight is 502 g/mol. The molecule has 0 bridgehead atoms. The molecule has 0 aliphatic heterocycles. The van der Waals surface area contributed by atoms with Crippen molar-refractivity contribution in [2.24, 2.45) is 5.92 Å². The van der Waals surface area contributed by atoms with Crippen LogP contribution in [0.2, 0.25) is 0 Å². The second-order valence-corrected chi connectivity index (χ2v) is 9.61. The number of ether oxygens (including phenoxy) is 1. The van der Waals surface area contributed by atoms with Gasteiger partial charge in [0.2, 0.25) is 11.8 Å². The van der Waals surface area contributed by atoms with Gasteiger partial charge in [0.05, 0.1) is 13.2 Å². The van der Waals surface area contributed by atoms with E-state index < -0.39 is 0 Å². The van der Waals surface area contributed by atoms with Crippen LogP contribution in [0.1, 0.15) is 37.1 Å². The maximum Gasteiger partial charge on any atom is 0.247 e. The summed E-state index contributed by atoms with van der Waals surface area (Å²) in [6.07, 6.45) is 6.23. The van der Waals surface area contributed by atoms with Gasteiger partial charge < -0.3 is 19.1 Å². The molecule has 0 unspecified atom stereocenters. The van der Waals surface area contributed by atoms with Crippen LogP contribution in [-0.2, 0) is 27.4 Å². The predicted molar refractivity (Wildman–Crippen MR) is 149 cm³/mol. The molecule has 3 rings (SSSR count). The highest BCUT2D eigenvalue weighted by Gasteiger charge is 2.21. The molecule has 0 spiro atoms. The van der Waals surface area contributed by atoms with Crippen molar-refractivity contribution in [1.82, 2.24) is 14.4 Å². The highest BCUT2D eigenvalue weighted by Crippen LogP contribution is 2.12. The molecule has 6 heteroatoms. The van der Waals surface area contributed by atoms with Gasteiger partial charge in [0.1, 0.15) is 6.54 Å². The topological polar surface area (TPSA) is 54.8 Å². The second kappa shape index (κ2) is 14.8. The van der Waals surface area contributed by atoms with E-state index in [1.807, 2.05) is 66.9 Å². The van der Waals surface area contributed by atoms with Crippen molar-refractivity contribution >= 4 is 17.9 Å². The number of nitrogens with zero attached hydrogens (tertiary/aromatic N) is 3. The lowest BCUT2D eigenvalue weighted by molar-refractivity contribution is -0.139. The van der Waals surface area contributed by atoms with Gasteiger partial charge in [-0.3, -0.25) is 9.59 Å². The minimum atomic E-state index is -0.156. The fraction of sp³-hybridized carbons (Fsp3) is 0.355. The molecule has 0 N–H and O–H groups in total. The molecule has 196 valence electrons. The van der Waals surface area contributed by atoms with E-state index in [2.05, 4.69) is 30.5 Å². The van der Waals surface area contributed by atoms with E-state index in [4.69, 9.17) is 4.74 Å². The molecule has 0 saturated carbocycles. The lowest BCUT2D eigenvalue weighted by Crippen LogP contribution is -2.44. The Hall–Kier alpha value is -3.64. The molecule has 0 aliphatic carbocycles. The lowest BCUT2D eigenvalue weighted by Gasteiger charge is -2.28. The molecule has 1 aromatic heterocycles.